The van der Waals surface area contributed by atoms with Crippen LogP contribution in [0.4, 0.5) is 23.2 Å². The lowest BCUT2D eigenvalue weighted by Crippen LogP contribution is -2.29. The number of sulfonamides is 1. The Bertz CT molecular complexity index is 1160. The van der Waals surface area contributed by atoms with Gasteiger partial charge >= 0.3 is 12.1 Å². The number of alkyl halides is 3. The highest BCUT2D eigenvalue weighted by atomic mass is 32.2. The molecule has 0 N–H and O–H groups in total. The first-order valence-corrected chi connectivity index (χ1v) is 10.1. The zero-order valence-corrected chi connectivity index (χ0v) is 16.5. The van der Waals surface area contributed by atoms with Gasteiger partial charge in [0, 0.05) is 17.2 Å². The van der Waals surface area contributed by atoms with Gasteiger partial charge in [0.15, 0.2) is 0 Å². The van der Waals surface area contributed by atoms with Crippen molar-refractivity contribution >= 4 is 15.7 Å². The van der Waals surface area contributed by atoms with Crippen molar-refractivity contribution in [3.8, 4) is 17.2 Å². The first kappa shape index (κ1) is 21.6. The molecule has 0 saturated carbocycles. The number of aromatic nitrogens is 2. The fourth-order valence-corrected chi connectivity index (χ4v) is 3.45. The van der Waals surface area contributed by atoms with Crippen molar-refractivity contribution in [1.29, 1.82) is 0 Å². The lowest BCUT2D eigenvalue weighted by atomic mass is 10.1. The monoisotopic (exact) mass is 445 g/mol. The van der Waals surface area contributed by atoms with Gasteiger partial charge in [0.25, 0.3) is 0 Å². The average Bonchev–Trinajstić information content (AvgIpc) is 3.17. The molecule has 0 radical (unpaired) electrons. The van der Waals surface area contributed by atoms with Gasteiger partial charge in [0.2, 0.25) is 15.9 Å². The van der Waals surface area contributed by atoms with Gasteiger partial charge in [0.05, 0.1) is 25.6 Å². The van der Waals surface area contributed by atoms with E-state index in [0.29, 0.717) is 5.75 Å². The van der Waals surface area contributed by atoms with E-state index in [2.05, 4.69) is 14.6 Å². The molecule has 0 fully saturated rings. The van der Waals surface area contributed by atoms with Crippen molar-refractivity contribution in [2.75, 3.05) is 17.7 Å². The van der Waals surface area contributed by atoms with Crippen molar-refractivity contribution in [3.63, 3.8) is 0 Å². The van der Waals surface area contributed by atoms with Crippen molar-refractivity contribution in [3.05, 3.63) is 59.7 Å². The van der Waals surface area contributed by atoms with E-state index in [1.807, 2.05) is 0 Å². The summed E-state index contributed by atoms with van der Waals surface area (Å²) in [5.41, 5.74) is 0.168. The summed E-state index contributed by atoms with van der Waals surface area (Å²) in [6, 6.07) is 9.60. The van der Waals surface area contributed by atoms with Gasteiger partial charge in [0.1, 0.15) is 11.6 Å². The summed E-state index contributed by atoms with van der Waals surface area (Å²) in [4.78, 5) is 0. The minimum atomic E-state index is -4.82. The second-order valence-electron chi connectivity index (χ2n) is 6.19. The van der Waals surface area contributed by atoms with E-state index in [9.17, 15) is 26.0 Å². The Morgan fingerprint density at radius 3 is 2.43 bits per heavy atom. The summed E-state index contributed by atoms with van der Waals surface area (Å²) in [6.07, 6.45) is -3.85. The van der Waals surface area contributed by atoms with Crippen LogP contribution in [0.25, 0.3) is 11.5 Å². The lowest BCUT2D eigenvalue weighted by molar-refractivity contribution is -0.156. The minimum absolute atomic E-state index is 0.0115. The fourth-order valence-electron chi connectivity index (χ4n) is 2.58. The molecule has 2 aromatic carbocycles. The molecule has 7 nitrogen and oxygen atoms in total. The molecular weight excluding hydrogens is 430 g/mol. The van der Waals surface area contributed by atoms with Gasteiger partial charge in [-0.2, -0.15) is 13.2 Å². The molecule has 3 aromatic rings. The summed E-state index contributed by atoms with van der Waals surface area (Å²) in [6.45, 7) is -0.351. The van der Waals surface area contributed by atoms with Gasteiger partial charge in [-0.05, 0) is 24.3 Å². The topological polar surface area (TPSA) is 85.5 Å². The highest BCUT2D eigenvalue weighted by molar-refractivity contribution is 7.92. The first-order chi connectivity index (χ1) is 14.0. The number of benzene rings is 2. The summed E-state index contributed by atoms with van der Waals surface area (Å²) in [7, 11) is -2.37. The number of methoxy groups -OCH3 is 1. The molecule has 30 heavy (non-hydrogen) atoms. The van der Waals surface area contributed by atoms with Crippen LogP contribution in [0.3, 0.4) is 0 Å². The van der Waals surface area contributed by atoms with Crippen LogP contribution in [-0.4, -0.2) is 32.0 Å². The molecule has 0 saturated heterocycles. The molecule has 0 atom stereocenters. The van der Waals surface area contributed by atoms with Crippen LogP contribution in [0.5, 0.6) is 5.75 Å². The Kier molecular flexibility index (Phi) is 5.70. The molecule has 0 amide bonds. The molecule has 1 heterocycles. The van der Waals surface area contributed by atoms with E-state index < -0.39 is 33.8 Å². The molecule has 0 unspecified atom stereocenters. The third kappa shape index (κ3) is 4.70. The molecule has 12 heteroatoms. The minimum Gasteiger partial charge on any atom is -0.497 e. The van der Waals surface area contributed by atoms with Gasteiger partial charge in [-0.3, -0.25) is 4.31 Å². The van der Waals surface area contributed by atoms with E-state index in [1.165, 1.54) is 31.4 Å². The van der Waals surface area contributed by atoms with Crippen molar-refractivity contribution in [2.45, 2.75) is 12.7 Å². The summed E-state index contributed by atoms with van der Waals surface area (Å²) >= 11 is 0. The van der Waals surface area contributed by atoms with E-state index in [1.54, 1.807) is 12.1 Å². The standard InChI is InChI=1S/C18H15F4N3O4S/c1-28-14-5-3-4-13(9-14)25(30(2,26)27)10-12-7-6-11(8-15(12)19)16-23-24-17(29-16)18(20,21)22/h3-9H,10H2,1-2H3. The van der Waals surface area contributed by atoms with Crippen molar-refractivity contribution in [2.24, 2.45) is 0 Å². The van der Waals surface area contributed by atoms with Crippen LogP contribution < -0.4 is 9.04 Å². The first-order valence-electron chi connectivity index (χ1n) is 8.30. The highest BCUT2D eigenvalue weighted by Gasteiger charge is 2.38. The van der Waals surface area contributed by atoms with Crippen molar-refractivity contribution < 1.29 is 35.1 Å². The summed E-state index contributed by atoms with van der Waals surface area (Å²) in [5.74, 6) is -2.51. The molecule has 0 bridgehead atoms. The lowest BCUT2D eigenvalue weighted by Gasteiger charge is -2.23. The zero-order valence-electron chi connectivity index (χ0n) is 15.6. The number of ether oxygens (including phenoxy) is 1. The smallest absolute Gasteiger partial charge is 0.470 e. The predicted octanol–water partition coefficient (Wildman–Crippen LogP) is 3.87. The average molecular weight is 445 g/mol. The molecule has 0 aliphatic rings. The molecule has 0 spiro atoms. The van der Waals surface area contributed by atoms with Gasteiger partial charge in [-0.25, -0.2) is 12.8 Å². The number of hydrogen-bond acceptors (Lipinski definition) is 6. The van der Waals surface area contributed by atoms with Gasteiger partial charge in [-0.1, -0.05) is 12.1 Å². The number of halogens is 4. The number of anilines is 1. The van der Waals surface area contributed by atoms with E-state index >= 15 is 0 Å². The third-order valence-electron chi connectivity index (χ3n) is 4.02. The molecule has 160 valence electrons. The van der Waals surface area contributed by atoms with Gasteiger partial charge in [-0.15, -0.1) is 10.2 Å². The second kappa shape index (κ2) is 7.94. The molecule has 0 aliphatic heterocycles. The maximum absolute atomic E-state index is 14.6. The Morgan fingerprint density at radius 2 is 1.87 bits per heavy atom. The number of hydrogen-bond donors (Lipinski definition) is 0. The van der Waals surface area contributed by atoms with Crippen LogP contribution >= 0.6 is 0 Å². The Labute approximate surface area is 169 Å². The summed E-state index contributed by atoms with van der Waals surface area (Å²) < 4.78 is 87.5. The number of rotatable bonds is 6. The van der Waals surface area contributed by atoms with E-state index in [-0.39, 0.29) is 23.4 Å². The Hall–Kier alpha value is -3.15. The molecule has 3 rings (SSSR count). The normalized spacial score (nSPS) is 12.1. The van der Waals surface area contributed by atoms with E-state index in [4.69, 9.17) is 4.74 Å². The zero-order chi connectivity index (χ0) is 22.1. The SMILES string of the molecule is COc1cccc(N(Cc2ccc(-c3nnc(C(F)(F)F)o3)cc2F)S(C)(=O)=O)c1. The maximum atomic E-state index is 14.6. The van der Waals surface area contributed by atoms with Crippen LogP contribution in [0.15, 0.2) is 46.9 Å². The Balaban J connectivity index is 1.92. The largest absolute Gasteiger partial charge is 0.497 e. The number of nitrogens with zero attached hydrogens (tertiary/aromatic N) is 3. The fraction of sp³-hybridized carbons (Fsp3) is 0.222. The molecular formula is C18H15F4N3O4S. The van der Waals surface area contributed by atoms with Crippen LogP contribution in [0, 0.1) is 5.82 Å². The third-order valence-corrected chi connectivity index (χ3v) is 5.16. The quantitative estimate of drug-likeness (QED) is 0.536. The second-order valence-corrected chi connectivity index (χ2v) is 8.09. The molecule has 1 aromatic heterocycles. The molecule has 0 aliphatic carbocycles. The predicted molar refractivity (Wildman–Crippen MR) is 98.7 cm³/mol. The van der Waals surface area contributed by atoms with Gasteiger partial charge < -0.3 is 9.15 Å². The summed E-state index contributed by atoms with van der Waals surface area (Å²) in [5, 5.41) is 6.16. The highest BCUT2D eigenvalue weighted by Crippen LogP contribution is 2.31. The van der Waals surface area contributed by atoms with Crippen molar-refractivity contribution in [1.82, 2.24) is 10.2 Å². The van der Waals surface area contributed by atoms with Crippen LogP contribution in [-0.2, 0) is 22.7 Å². The van der Waals surface area contributed by atoms with Crippen LogP contribution in [0.1, 0.15) is 11.5 Å². The van der Waals surface area contributed by atoms with E-state index in [0.717, 1.165) is 16.6 Å². The Morgan fingerprint density at radius 1 is 1.13 bits per heavy atom. The van der Waals surface area contributed by atoms with Crippen LogP contribution in [0.2, 0.25) is 0 Å². The maximum Gasteiger partial charge on any atom is 0.470 e.